The lowest BCUT2D eigenvalue weighted by Crippen LogP contribution is -1.92. The van der Waals surface area contributed by atoms with Crippen molar-refractivity contribution in [2.24, 2.45) is 0 Å². The van der Waals surface area contributed by atoms with E-state index in [1.54, 1.807) is 0 Å². The molecule has 1 saturated carbocycles. The third kappa shape index (κ3) is 1.44. The maximum absolute atomic E-state index is 5.84. The van der Waals surface area contributed by atoms with Crippen LogP contribution < -0.4 is 0 Å². The molecule has 1 aliphatic rings. The largest absolute Gasteiger partial charge is 0.423 e. The Morgan fingerprint density at radius 1 is 1.28 bits per heavy atom. The summed E-state index contributed by atoms with van der Waals surface area (Å²) in [7, 11) is 0. The molecule has 1 N–H and O–H groups in total. The van der Waals surface area contributed by atoms with Crippen LogP contribution in [-0.4, -0.2) is 30.2 Å². The lowest BCUT2D eigenvalue weighted by molar-refractivity contribution is 0.480. The molecule has 7 nitrogen and oxygen atoms in total. The summed E-state index contributed by atoms with van der Waals surface area (Å²) in [6.45, 7) is 0. The van der Waals surface area contributed by atoms with Crippen molar-refractivity contribution in [2.75, 3.05) is 0 Å². The standard InChI is InChI=1S/C11H10N6O/c1-2-6-17(5-1)11-8(9-13-15-16-14-9)12-10(18-11)7-3-4-7/h1-2,5-7H,3-4H2,(H,13,14,15,16). The third-order valence-electron chi connectivity index (χ3n) is 2.95. The molecule has 1 fully saturated rings. The maximum atomic E-state index is 5.84. The van der Waals surface area contributed by atoms with Crippen molar-refractivity contribution in [2.45, 2.75) is 18.8 Å². The molecule has 18 heavy (non-hydrogen) atoms. The van der Waals surface area contributed by atoms with Crippen LogP contribution in [0.3, 0.4) is 0 Å². The fourth-order valence-electron chi connectivity index (χ4n) is 1.89. The van der Waals surface area contributed by atoms with Crippen LogP contribution >= 0.6 is 0 Å². The molecule has 0 unspecified atom stereocenters. The molecule has 0 saturated heterocycles. The highest BCUT2D eigenvalue weighted by molar-refractivity contribution is 5.58. The Bertz CT molecular complexity index is 598. The highest BCUT2D eigenvalue weighted by Gasteiger charge is 2.31. The molecule has 90 valence electrons. The molecule has 0 radical (unpaired) electrons. The molecule has 4 rings (SSSR count). The van der Waals surface area contributed by atoms with Gasteiger partial charge in [-0.3, -0.25) is 4.57 Å². The molecule has 7 heteroatoms. The molecule has 0 bridgehead atoms. The average molecular weight is 242 g/mol. The normalized spacial score (nSPS) is 15.1. The van der Waals surface area contributed by atoms with Crippen LogP contribution in [0, 0.1) is 0 Å². The van der Waals surface area contributed by atoms with Crippen LogP contribution in [0.25, 0.3) is 17.4 Å². The summed E-state index contributed by atoms with van der Waals surface area (Å²) in [5.41, 5.74) is 0.627. The van der Waals surface area contributed by atoms with Gasteiger partial charge in [-0.05, 0) is 30.2 Å². The van der Waals surface area contributed by atoms with Crippen LogP contribution in [0.2, 0.25) is 0 Å². The van der Waals surface area contributed by atoms with E-state index < -0.39 is 0 Å². The van der Waals surface area contributed by atoms with Crippen LogP contribution in [0.5, 0.6) is 0 Å². The van der Waals surface area contributed by atoms with Crippen molar-refractivity contribution in [1.82, 2.24) is 30.2 Å². The van der Waals surface area contributed by atoms with E-state index in [9.17, 15) is 0 Å². The summed E-state index contributed by atoms with van der Waals surface area (Å²) < 4.78 is 7.70. The molecule has 0 spiro atoms. The predicted octanol–water partition coefficient (Wildman–Crippen LogP) is 1.52. The van der Waals surface area contributed by atoms with Gasteiger partial charge in [0.05, 0.1) is 0 Å². The Kier molecular flexibility index (Phi) is 1.88. The Morgan fingerprint density at radius 3 is 2.78 bits per heavy atom. The zero-order valence-electron chi connectivity index (χ0n) is 9.45. The van der Waals surface area contributed by atoms with E-state index in [1.165, 1.54) is 0 Å². The van der Waals surface area contributed by atoms with Gasteiger partial charge in [0.1, 0.15) is 0 Å². The fraction of sp³-hybridized carbons (Fsp3) is 0.273. The number of rotatable bonds is 3. The Labute approximate surface area is 102 Å². The average Bonchev–Trinajstić information content (AvgIpc) is 2.91. The van der Waals surface area contributed by atoms with E-state index in [1.807, 2.05) is 29.1 Å². The minimum Gasteiger partial charge on any atom is -0.423 e. The van der Waals surface area contributed by atoms with E-state index in [2.05, 4.69) is 25.6 Å². The second kappa shape index (κ2) is 3.52. The minimum atomic E-state index is 0.444. The fourth-order valence-corrected chi connectivity index (χ4v) is 1.89. The van der Waals surface area contributed by atoms with Gasteiger partial charge in [-0.25, -0.2) is 4.98 Å². The summed E-state index contributed by atoms with van der Waals surface area (Å²) >= 11 is 0. The first-order valence-corrected chi connectivity index (χ1v) is 5.80. The first-order valence-electron chi connectivity index (χ1n) is 5.80. The monoisotopic (exact) mass is 242 g/mol. The first-order chi connectivity index (χ1) is 8.92. The molecular weight excluding hydrogens is 232 g/mol. The third-order valence-corrected chi connectivity index (χ3v) is 2.95. The van der Waals surface area contributed by atoms with Gasteiger partial charge >= 0.3 is 0 Å². The summed E-state index contributed by atoms with van der Waals surface area (Å²) in [5.74, 6) is 2.30. The summed E-state index contributed by atoms with van der Waals surface area (Å²) in [6, 6.07) is 3.86. The highest BCUT2D eigenvalue weighted by Crippen LogP contribution is 2.41. The number of aromatic amines is 1. The summed E-state index contributed by atoms with van der Waals surface area (Å²) in [5, 5.41) is 13.9. The number of tetrazole rings is 1. The zero-order chi connectivity index (χ0) is 11.9. The number of nitrogens with one attached hydrogen (secondary N) is 1. The Morgan fingerprint density at radius 2 is 2.11 bits per heavy atom. The van der Waals surface area contributed by atoms with Crippen molar-refractivity contribution < 1.29 is 4.42 Å². The second-order valence-corrected chi connectivity index (χ2v) is 4.31. The predicted molar refractivity (Wildman–Crippen MR) is 61.0 cm³/mol. The number of H-pyrrole nitrogens is 1. The molecule has 3 aromatic heterocycles. The van der Waals surface area contributed by atoms with Gasteiger partial charge in [-0.1, -0.05) is 0 Å². The van der Waals surface area contributed by atoms with Gasteiger partial charge in [0.2, 0.25) is 17.6 Å². The van der Waals surface area contributed by atoms with Gasteiger partial charge in [0.25, 0.3) is 0 Å². The summed E-state index contributed by atoms with van der Waals surface area (Å²) in [6.07, 6.45) is 6.08. The van der Waals surface area contributed by atoms with Crippen LogP contribution in [0.15, 0.2) is 28.9 Å². The van der Waals surface area contributed by atoms with E-state index in [0.717, 1.165) is 18.7 Å². The quantitative estimate of drug-likeness (QED) is 0.752. The molecular formula is C11H10N6O. The molecule has 3 heterocycles. The number of hydrogen-bond donors (Lipinski definition) is 1. The smallest absolute Gasteiger partial charge is 0.235 e. The van der Waals surface area contributed by atoms with Crippen LogP contribution in [0.1, 0.15) is 24.7 Å². The van der Waals surface area contributed by atoms with E-state index in [4.69, 9.17) is 4.42 Å². The van der Waals surface area contributed by atoms with Crippen molar-refractivity contribution in [3.05, 3.63) is 30.4 Å². The van der Waals surface area contributed by atoms with Crippen molar-refractivity contribution in [3.63, 3.8) is 0 Å². The Balaban J connectivity index is 1.89. The van der Waals surface area contributed by atoms with Crippen molar-refractivity contribution in [3.8, 4) is 17.4 Å². The number of oxazole rings is 1. The van der Waals surface area contributed by atoms with Gasteiger partial charge in [0, 0.05) is 18.3 Å². The number of nitrogens with zero attached hydrogens (tertiary/aromatic N) is 5. The van der Waals surface area contributed by atoms with Crippen LogP contribution in [-0.2, 0) is 0 Å². The topological polar surface area (TPSA) is 85.4 Å². The van der Waals surface area contributed by atoms with E-state index in [-0.39, 0.29) is 0 Å². The second-order valence-electron chi connectivity index (χ2n) is 4.31. The first kappa shape index (κ1) is 9.58. The van der Waals surface area contributed by atoms with Gasteiger partial charge in [-0.15, -0.1) is 10.2 Å². The molecule has 0 amide bonds. The Hall–Kier alpha value is -2.44. The highest BCUT2D eigenvalue weighted by atomic mass is 16.4. The zero-order valence-corrected chi connectivity index (χ0v) is 9.45. The lowest BCUT2D eigenvalue weighted by Gasteiger charge is -1.97. The van der Waals surface area contributed by atoms with Gasteiger partial charge in [0.15, 0.2) is 5.69 Å². The van der Waals surface area contributed by atoms with E-state index in [0.29, 0.717) is 23.3 Å². The number of aromatic nitrogens is 6. The molecule has 1 aliphatic carbocycles. The molecule has 3 aromatic rings. The van der Waals surface area contributed by atoms with E-state index >= 15 is 0 Å². The lowest BCUT2D eigenvalue weighted by atomic mass is 10.4. The van der Waals surface area contributed by atoms with Gasteiger partial charge < -0.3 is 4.42 Å². The SMILES string of the molecule is c1ccn(-c2oc(C3CC3)nc2-c2nn[nH]n2)c1. The van der Waals surface area contributed by atoms with Crippen molar-refractivity contribution in [1.29, 1.82) is 0 Å². The van der Waals surface area contributed by atoms with Crippen molar-refractivity contribution >= 4 is 0 Å². The maximum Gasteiger partial charge on any atom is 0.235 e. The van der Waals surface area contributed by atoms with Crippen LogP contribution in [0.4, 0.5) is 0 Å². The minimum absolute atomic E-state index is 0.444. The number of hydrogen-bond acceptors (Lipinski definition) is 5. The molecule has 0 atom stereocenters. The molecule has 0 aliphatic heterocycles. The van der Waals surface area contributed by atoms with Gasteiger partial charge in [-0.2, -0.15) is 5.21 Å². The summed E-state index contributed by atoms with van der Waals surface area (Å²) in [4.78, 5) is 4.50. The molecule has 0 aromatic carbocycles.